The molecule has 1 saturated carbocycles. The Labute approximate surface area is 73.8 Å². The summed E-state index contributed by atoms with van der Waals surface area (Å²) >= 11 is 0. The Morgan fingerprint density at radius 1 is 1.33 bits per heavy atom. The van der Waals surface area contributed by atoms with Gasteiger partial charge >= 0.3 is 0 Å². The minimum atomic E-state index is -0.119. The molecule has 3 heteroatoms. The average Bonchev–Trinajstić information content (AvgIpc) is 1.82. The topological polar surface area (TPSA) is 48.8 Å². The molecular formula is C9H17N3. The molecule has 2 atom stereocenters. The van der Waals surface area contributed by atoms with Crippen LogP contribution in [-0.4, -0.2) is 5.54 Å². The Kier molecular flexibility index (Phi) is 2.63. The van der Waals surface area contributed by atoms with Crippen LogP contribution in [0.15, 0.2) is 5.11 Å². The van der Waals surface area contributed by atoms with E-state index in [1.54, 1.807) is 0 Å². The van der Waals surface area contributed by atoms with Crippen molar-refractivity contribution < 1.29 is 0 Å². The van der Waals surface area contributed by atoms with Crippen LogP contribution in [0.3, 0.4) is 0 Å². The fraction of sp³-hybridized carbons (Fsp3) is 1.00. The summed E-state index contributed by atoms with van der Waals surface area (Å²) in [7, 11) is 0. The Bertz CT molecular complexity index is 196. The van der Waals surface area contributed by atoms with E-state index in [0.717, 1.165) is 12.8 Å². The molecule has 68 valence electrons. The van der Waals surface area contributed by atoms with Gasteiger partial charge in [0.15, 0.2) is 0 Å². The van der Waals surface area contributed by atoms with Crippen LogP contribution in [0, 0.1) is 11.8 Å². The van der Waals surface area contributed by atoms with Gasteiger partial charge in [-0.05, 0) is 36.6 Å². The maximum Gasteiger partial charge on any atom is 0.0465 e. The second-order valence-corrected chi connectivity index (χ2v) is 4.54. The molecule has 0 amide bonds. The van der Waals surface area contributed by atoms with Gasteiger partial charge in [0.25, 0.3) is 0 Å². The highest BCUT2D eigenvalue weighted by Crippen LogP contribution is 2.38. The molecule has 3 nitrogen and oxygen atoms in total. The lowest BCUT2D eigenvalue weighted by Crippen LogP contribution is -2.32. The highest BCUT2D eigenvalue weighted by atomic mass is 15.2. The van der Waals surface area contributed by atoms with Gasteiger partial charge in [0.1, 0.15) is 0 Å². The van der Waals surface area contributed by atoms with Gasteiger partial charge in [0.05, 0.1) is 0 Å². The summed E-state index contributed by atoms with van der Waals surface area (Å²) in [6.45, 7) is 6.54. The molecule has 2 unspecified atom stereocenters. The third-order valence-corrected chi connectivity index (χ3v) is 2.67. The highest BCUT2D eigenvalue weighted by Gasteiger charge is 2.32. The van der Waals surface area contributed by atoms with Gasteiger partial charge < -0.3 is 0 Å². The van der Waals surface area contributed by atoms with Crippen molar-refractivity contribution in [2.45, 2.75) is 45.6 Å². The van der Waals surface area contributed by atoms with E-state index < -0.39 is 0 Å². The van der Waals surface area contributed by atoms with Crippen molar-refractivity contribution >= 4 is 0 Å². The number of nitrogens with zero attached hydrogens (tertiary/aromatic N) is 3. The van der Waals surface area contributed by atoms with E-state index in [9.17, 15) is 0 Å². The smallest absolute Gasteiger partial charge is 0.0465 e. The molecule has 0 N–H and O–H groups in total. The first-order valence-corrected chi connectivity index (χ1v) is 4.62. The summed E-state index contributed by atoms with van der Waals surface area (Å²) in [5.74, 6) is 1.40. The van der Waals surface area contributed by atoms with Crippen molar-refractivity contribution in [3.63, 3.8) is 0 Å². The predicted molar refractivity (Wildman–Crippen MR) is 49.7 cm³/mol. The quantitative estimate of drug-likeness (QED) is 0.326. The average molecular weight is 167 g/mol. The van der Waals surface area contributed by atoms with Crippen molar-refractivity contribution in [3.8, 4) is 0 Å². The zero-order chi connectivity index (χ0) is 9.19. The van der Waals surface area contributed by atoms with Crippen molar-refractivity contribution in [1.29, 1.82) is 0 Å². The van der Waals surface area contributed by atoms with Crippen LogP contribution in [-0.2, 0) is 0 Å². The lowest BCUT2D eigenvalue weighted by molar-refractivity contribution is 0.198. The second kappa shape index (κ2) is 3.36. The number of rotatable bonds is 1. The van der Waals surface area contributed by atoms with Crippen LogP contribution in [0.5, 0.6) is 0 Å². The molecule has 0 aromatic rings. The Morgan fingerprint density at radius 3 is 2.25 bits per heavy atom. The van der Waals surface area contributed by atoms with Crippen LogP contribution in [0.25, 0.3) is 10.4 Å². The van der Waals surface area contributed by atoms with Crippen molar-refractivity contribution in [2.75, 3.05) is 0 Å². The van der Waals surface area contributed by atoms with Gasteiger partial charge in [-0.15, -0.1) is 0 Å². The molecule has 0 aromatic carbocycles. The van der Waals surface area contributed by atoms with Gasteiger partial charge in [0, 0.05) is 10.5 Å². The minimum Gasteiger partial charge on any atom is -0.0875 e. The highest BCUT2D eigenvalue weighted by molar-refractivity contribution is 4.91. The summed E-state index contributed by atoms with van der Waals surface area (Å²) in [6, 6.07) is 0. The Balaban J connectivity index is 2.71. The summed E-state index contributed by atoms with van der Waals surface area (Å²) in [5.41, 5.74) is 8.30. The largest absolute Gasteiger partial charge is 0.0875 e. The fourth-order valence-corrected chi connectivity index (χ4v) is 2.63. The molecule has 0 spiro atoms. The van der Waals surface area contributed by atoms with Crippen LogP contribution in [0.2, 0.25) is 0 Å². The molecule has 0 heterocycles. The van der Waals surface area contributed by atoms with E-state index in [1.165, 1.54) is 6.42 Å². The molecule has 0 bridgehead atoms. The van der Waals surface area contributed by atoms with Crippen molar-refractivity contribution in [2.24, 2.45) is 17.0 Å². The maximum atomic E-state index is 8.41. The molecule has 1 rings (SSSR count). The number of azide groups is 1. The third kappa shape index (κ3) is 2.15. The van der Waals surface area contributed by atoms with Gasteiger partial charge in [-0.2, -0.15) is 0 Å². The van der Waals surface area contributed by atoms with Gasteiger partial charge in [-0.25, -0.2) is 0 Å². The van der Waals surface area contributed by atoms with Crippen LogP contribution in [0.1, 0.15) is 40.0 Å². The Hall–Kier alpha value is -0.690. The van der Waals surface area contributed by atoms with Gasteiger partial charge in [-0.1, -0.05) is 25.9 Å². The number of hydrogen-bond donors (Lipinski definition) is 0. The van der Waals surface area contributed by atoms with Crippen LogP contribution in [0.4, 0.5) is 0 Å². The Morgan fingerprint density at radius 2 is 1.83 bits per heavy atom. The summed E-state index contributed by atoms with van der Waals surface area (Å²) in [6.07, 6.45) is 3.36. The second-order valence-electron chi connectivity index (χ2n) is 4.54. The molecule has 1 fully saturated rings. The van der Waals surface area contributed by atoms with Crippen LogP contribution >= 0.6 is 0 Å². The van der Waals surface area contributed by atoms with E-state index in [0.29, 0.717) is 11.8 Å². The lowest BCUT2D eigenvalue weighted by atomic mass is 9.73. The predicted octanol–water partition coefficient (Wildman–Crippen LogP) is 3.51. The van der Waals surface area contributed by atoms with Gasteiger partial charge in [0.2, 0.25) is 0 Å². The molecule has 1 aliphatic rings. The molecule has 0 saturated heterocycles. The normalized spacial score (nSPS) is 41.9. The molecule has 12 heavy (non-hydrogen) atoms. The summed E-state index contributed by atoms with van der Waals surface area (Å²) in [5, 5.41) is 3.90. The fourth-order valence-electron chi connectivity index (χ4n) is 2.63. The monoisotopic (exact) mass is 167 g/mol. The standard InChI is InChI=1S/C9H17N3/c1-7-4-8(2)6-9(3,5-7)11-12-10/h7-8H,4-6H2,1-3H3. The van der Waals surface area contributed by atoms with E-state index in [2.05, 4.69) is 30.8 Å². The van der Waals surface area contributed by atoms with Crippen LogP contribution < -0.4 is 0 Å². The van der Waals surface area contributed by atoms with E-state index >= 15 is 0 Å². The molecule has 0 aliphatic heterocycles. The summed E-state index contributed by atoms with van der Waals surface area (Å²) in [4.78, 5) is 2.92. The molecule has 0 aromatic heterocycles. The molecule has 0 radical (unpaired) electrons. The zero-order valence-corrected chi connectivity index (χ0v) is 8.12. The van der Waals surface area contributed by atoms with E-state index in [1.807, 2.05) is 0 Å². The third-order valence-electron chi connectivity index (χ3n) is 2.67. The summed E-state index contributed by atoms with van der Waals surface area (Å²) < 4.78 is 0. The van der Waals surface area contributed by atoms with Crippen molar-refractivity contribution in [1.82, 2.24) is 0 Å². The maximum absolute atomic E-state index is 8.41. The minimum absolute atomic E-state index is 0.119. The number of hydrogen-bond acceptors (Lipinski definition) is 1. The first-order chi connectivity index (χ1) is 5.56. The van der Waals surface area contributed by atoms with E-state index in [-0.39, 0.29) is 5.54 Å². The van der Waals surface area contributed by atoms with Gasteiger partial charge in [-0.3, -0.25) is 0 Å². The molecular weight excluding hydrogens is 150 g/mol. The molecule has 1 aliphatic carbocycles. The zero-order valence-electron chi connectivity index (χ0n) is 8.12. The lowest BCUT2D eigenvalue weighted by Gasteiger charge is -2.36. The van der Waals surface area contributed by atoms with Crippen molar-refractivity contribution in [3.05, 3.63) is 10.4 Å². The van der Waals surface area contributed by atoms with E-state index in [4.69, 9.17) is 5.53 Å². The first-order valence-electron chi connectivity index (χ1n) is 4.62. The first kappa shape index (κ1) is 9.40. The SMILES string of the molecule is CC1CC(C)CC(C)(N=[N+]=[N-])C1.